The third kappa shape index (κ3) is 4.02. The Kier molecular flexibility index (Phi) is 5.74. The number of aryl methyl sites for hydroxylation is 3. The van der Waals surface area contributed by atoms with Gasteiger partial charge in [-0.15, -0.1) is 0 Å². The highest BCUT2D eigenvalue weighted by atomic mass is 35.5. The maximum atomic E-state index is 12.7. The third-order valence-corrected chi connectivity index (χ3v) is 4.97. The van der Waals surface area contributed by atoms with Gasteiger partial charge in [-0.1, -0.05) is 29.8 Å². The number of aromatic nitrogens is 4. The van der Waals surface area contributed by atoms with Crippen molar-refractivity contribution >= 4 is 29.2 Å². The number of carbonyl (C=O) groups is 2. The van der Waals surface area contributed by atoms with E-state index in [1.165, 1.54) is 11.6 Å². The van der Waals surface area contributed by atoms with Gasteiger partial charge in [0.15, 0.2) is 6.10 Å². The average molecular weight is 416 g/mol. The van der Waals surface area contributed by atoms with Crippen LogP contribution in [-0.4, -0.2) is 37.5 Å². The van der Waals surface area contributed by atoms with Gasteiger partial charge < -0.3 is 10.1 Å². The fourth-order valence-electron chi connectivity index (χ4n) is 2.92. The molecule has 0 saturated heterocycles. The molecule has 29 heavy (non-hydrogen) atoms. The number of esters is 1. The second kappa shape index (κ2) is 8.08. The molecule has 0 radical (unpaired) electrons. The number of ether oxygens (including phenoxy) is 1. The molecule has 152 valence electrons. The molecule has 9 heteroatoms. The van der Waals surface area contributed by atoms with Crippen LogP contribution in [0.2, 0.25) is 5.15 Å². The summed E-state index contributed by atoms with van der Waals surface area (Å²) in [4.78, 5) is 25.2. The first-order valence-corrected chi connectivity index (χ1v) is 9.41. The molecule has 1 N–H and O–H groups in total. The SMILES string of the molecule is Cc1nn(C)c(C)c1NC(=O)[C@@H](C)OC(=O)c1c(C)nn(-c2ccccc2)c1Cl. The number of rotatable bonds is 5. The van der Waals surface area contributed by atoms with Crippen molar-refractivity contribution in [2.75, 3.05) is 5.32 Å². The summed E-state index contributed by atoms with van der Waals surface area (Å²) in [5, 5.41) is 11.5. The second-order valence-corrected chi connectivity index (χ2v) is 7.06. The lowest BCUT2D eigenvalue weighted by Gasteiger charge is -2.14. The van der Waals surface area contributed by atoms with E-state index in [2.05, 4.69) is 15.5 Å². The summed E-state index contributed by atoms with van der Waals surface area (Å²) in [5.74, 6) is -1.17. The summed E-state index contributed by atoms with van der Waals surface area (Å²) in [5.41, 5.74) is 3.34. The third-order valence-electron chi connectivity index (χ3n) is 4.62. The Morgan fingerprint density at radius 3 is 2.34 bits per heavy atom. The molecule has 8 nitrogen and oxygen atoms in total. The number of hydrogen-bond donors (Lipinski definition) is 1. The average Bonchev–Trinajstić information content (AvgIpc) is 3.11. The molecular formula is C20H22ClN5O3. The van der Waals surface area contributed by atoms with Gasteiger partial charge in [0, 0.05) is 7.05 Å². The predicted octanol–water partition coefficient (Wildman–Crippen LogP) is 3.37. The molecule has 0 bridgehead atoms. The smallest absolute Gasteiger partial charge is 0.344 e. The zero-order valence-electron chi connectivity index (χ0n) is 16.9. The molecule has 0 fully saturated rings. The van der Waals surface area contributed by atoms with E-state index in [0.29, 0.717) is 22.8 Å². The molecule has 2 aromatic heterocycles. The van der Waals surface area contributed by atoms with Crippen LogP contribution >= 0.6 is 11.6 Å². The molecular weight excluding hydrogens is 394 g/mol. The molecule has 2 heterocycles. The predicted molar refractivity (Wildman–Crippen MR) is 110 cm³/mol. The summed E-state index contributed by atoms with van der Waals surface area (Å²) >= 11 is 6.38. The van der Waals surface area contributed by atoms with Gasteiger partial charge in [-0.05, 0) is 39.8 Å². The minimum absolute atomic E-state index is 0.129. The van der Waals surface area contributed by atoms with Gasteiger partial charge in [0.05, 0.1) is 28.5 Å². The summed E-state index contributed by atoms with van der Waals surface area (Å²) in [6.45, 7) is 6.79. The Morgan fingerprint density at radius 2 is 1.76 bits per heavy atom. The number of anilines is 1. The normalized spacial score (nSPS) is 11.9. The lowest BCUT2D eigenvalue weighted by atomic mass is 10.2. The molecule has 0 saturated carbocycles. The van der Waals surface area contributed by atoms with Crippen molar-refractivity contribution < 1.29 is 14.3 Å². The Labute approximate surface area is 173 Å². The van der Waals surface area contributed by atoms with E-state index in [-0.39, 0.29) is 10.7 Å². The minimum atomic E-state index is -1.03. The van der Waals surface area contributed by atoms with Crippen LogP contribution < -0.4 is 5.32 Å². The van der Waals surface area contributed by atoms with E-state index in [9.17, 15) is 9.59 Å². The standard InChI is InChI=1S/C20H22ClN5O3/c1-11-16(18(21)26(24-11)15-9-7-6-8-10-15)20(28)29-14(4)19(27)22-17-12(2)23-25(5)13(17)3/h6-10,14H,1-5H3,(H,22,27)/t14-/m1/s1. The Balaban J connectivity index is 1.76. The van der Waals surface area contributed by atoms with Gasteiger partial charge in [0.2, 0.25) is 0 Å². The second-order valence-electron chi connectivity index (χ2n) is 6.70. The van der Waals surface area contributed by atoms with Crippen molar-refractivity contribution in [3.8, 4) is 5.69 Å². The topological polar surface area (TPSA) is 91.0 Å². The van der Waals surface area contributed by atoms with Crippen LogP contribution in [0.15, 0.2) is 30.3 Å². The highest BCUT2D eigenvalue weighted by Crippen LogP contribution is 2.25. The van der Waals surface area contributed by atoms with Crippen molar-refractivity contribution in [2.45, 2.75) is 33.8 Å². The van der Waals surface area contributed by atoms with Gasteiger partial charge in [-0.2, -0.15) is 10.2 Å². The summed E-state index contributed by atoms with van der Waals surface area (Å²) in [7, 11) is 1.79. The van der Waals surface area contributed by atoms with Crippen molar-refractivity contribution in [1.82, 2.24) is 19.6 Å². The molecule has 1 amide bonds. The number of nitrogens with zero attached hydrogens (tertiary/aromatic N) is 4. The van der Waals surface area contributed by atoms with E-state index < -0.39 is 18.0 Å². The van der Waals surface area contributed by atoms with Crippen LogP contribution in [0.5, 0.6) is 0 Å². The number of nitrogens with one attached hydrogen (secondary N) is 1. The van der Waals surface area contributed by atoms with Crippen LogP contribution in [0, 0.1) is 20.8 Å². The Morgan fingerprint density at radius 1 is 1.10 bits per heavy atom. The Hall–Kier alpha value is -3.13. The molecule has 1 atom stereocenters. The first kappa shape index (κ1) is 20.6. The van der Waals surface area contributed by atoms with E-state index in [1.807, 2.05) is 37.3 Å². The van der Waals surface area contributed by atoms with Crippen molar-refractivity contribution in [1.29, 1.82) is 0 Å². The monoisotopic (exact) mass is 415 g/mol. The van der Waals surface area contributed by atoms with Crippen LogP contribution in [-0.2, 0) is 16.6 Å². The molecule has 1 aromatic carbocycles. The van der Waals surface area contributed by atoms with Crippen molar-refractivity contribution in [3.05, 3.63) is 58.1 Å². The number of benzene rings is 1. The van der Waals surface area contributed by atoms with E-state index in [1.54, 1.807) is 25.6 Å². The fourth-order valence-corrected chi connectivity index (χ4v) is 3.27. The number of para-hydroxylation sites is 1. The zero-order chi connectivity index (χ0) is 21.3. The number of carbonyl (C=O) groups excluding carboxylic acids is 2. The number of hydrogen-bond acceptors (Lipinski definition) is 5. The molecule has 3 aromatic rings. The maximum absolute atomic E-state index is 12.7. The summed E-state index contributed by atoms with van der Waals surface area (Å²) in [6.07, 6.45) is -1.03. The van der Waals surface area contributed by atoms with Gasteiger partial charge in [0.1, 0.15) is 10.7 Å². The van der Waals surface area contributed by atoms with E-state index >= 15 is 0 Å². The van der Waals surface area contributed by atoms with Gasteiger partial charge in [-0.3, -0.25) is 9.48 Å². The summed E-state index contributed by atoms with van der Waals surface area (Å²) in [6, 6.07) is 9.20. The quantitative estimate of drug-likeness (QED) is 0.645. The molecule has 3 rings (SSSR count). The summed E-state index contributed by atoms with van der Waals surface area (Å²) < 4.78 is 8.48. The fraction of sp³-hybridized carbons (Fsp3) is 0.300. The van der Waals surface area contributed by atoms with Crippen LogP contribution in [0.4, 0.5) is 5.69 Å². The number of halogens is 1. The Bertz CT molecular complexity index is 1070. The molecule has 0 aliphatic rings. The van der Waals surface area contributed by atoms with Crippen LogP contribution in [0.3, 0.4) is 0 Å². The lowest BCUT2D eigenvalue weighted by Crippen LogP contribution is -2.30. The first-order chi connectivity index (χ1) is 13.7. The minimum Gasteiger partial charge on any atom is -0.449 e. The largest absolute Gasteiger partial charge is 0.449 e. The van der Waals surface area contributed by atoms with Gasteiger partial charge in [0.25, 0.3) is 5.91 Å². The van der Waals surface area contributed by atoms with Gasteiger partial charge in [-0.25, -0.2) is 9.48 Å². The van der Waals surface area contributed by atoms with Gasteiger partial charge >= 0.3 is 5.97 Å². The molecule has 0 aliphatic carbocycles. The zero-order valence-corrected chi connectivity index (χ0v) is 17.6. The van der Waals surface area contributed by atoms with E-state index in [0.717, 1.165) is 5.69 Å². The van der Waals surface area contributed by atoms with Crippen LogP contribution in [0.1, 0.15) is 34.4 Å². The molecule has 0 aliphatic heterocycles. The molecule has 0 unspecified atom stereocenters. The van der Waals surface area contributed by atoms with Crippen molar-refractivity contribution in [3.63, 3.8) is 0 Å². The highest BCUT2D eigenvalue weighted by Gasteiger charge is 2.27. The first-order valence-electron chi connectivity index (χ1n) is 9.03. The maximum Gasteiger partial charge on any atom is 0.344 e. The van der Waals surface area contributed by atoms with Crippen LogP contribution in [0.25, 0.3) is 5.69 Å². The van der Waals surface area contributed by atoms with E-state index in [4.69, 9.17) is 16.3 Å². The molecule has 0 spiro atoms. The highest BCUT2D eigenvalue weighted by molar-refractivity contribution is 6.33. The number of amides is 1. The lowest BCUT2D eigenvalue weighted by molar-refractivity contribution is -0.123. The van der Waals surface area contributed by atoms with Crippen molar-refractivity contribution in [2.24, 2.45) is 7.05 Å².